The second-order valence-corrected chi connectivity index (χ2v) is 7.66. The summed E-state index contributed by atoms with van der Waals surface area (Å²) in [5.74, 6) is -0.0961. The maximum absolute atomic E-state index is 12.7. The first-order chi connectivity index (χ1) is 10.3. The molecule has 0 radical (unpaired) electrons. The topological polar surface area (TPSA) is 62.1 Å². The molecule has 1 aliphatic rings. The van der Waals surface area contributed by atoms with Gasteiger partial charge in [0.15, 0.2) is 0 Å². The van der Waals surface area contributed by atoms with Gasteiger partial charge in [0.2, 0.25) is 10.0 Å². The molecule has 0 spiro atoms. The molecular weight excluding hydrogens is 302 g/mol. The van der Waals surface area contributed by atoms with E-state index >= 15 is 0 Å². The number of likely N-dealkylation sites (N-methyl/N-ethyl adjacent to an activating group) is 1. The summed E-state index contributed by atoms with van der Waals surface area (Å²) in [6.07, 6.45) is 1.14. The van der Waals surface area contributed by atoms with Gasteiger partial charge in [-0.25, -0.2) is 8.42 Å². The minimum Gasteiger partial charge on any atom is -0.332 e. The van der Waals surface area contributed by atoms with Crippen molar-refractivity contribution in [1.29, 1.82) is 0 Å². The SMILES string of the molecule is CC[NH+]1CCN(C(=O)c2ccccc2N(C)S(C)(=O)=O)CC1. The fraction of sp³-hybridized carbons (Fsp3) is 0.533. The number of benzene rings is 1. The van der Waals surface area contributed by atoms with Crippen molar-refractivity contribution < 1.29 is 18.1 Å². The zero-order valence-electron chi connectivity index (χ0n) is 13.4. The smallest absolute Gasteiger partial charge is 0.256 e. The third-order valence-electron chi connectivity index (χ3n) is 4.23. The zero-order valence-corrected chi connectivity index (χ0v) is 14.2. The van der Waals surface area contributed by atoms with Gasteiger partial charge in [-0.1, -0.05) is 12.1 Å². The van der Waals surface area contributed by atoms with E-state index in [-0.39, 0.29) is 5.91 Å². The highest BCUT2D eigenvalue weighted by atomic mass is 32.2. The van der Waals surface area contributed by atoms with Crippen molar-refractivity contribution in [3.63, 3.8) is 0 Å². The molecule has 0 atom stereocenters. The second kappa shape index (κ2) is 6.66. The van der Waals surface area contributed by atoms with Crippen molar-refractivity contribution in [2.75, 3.05) is 50.3 Å². The van der Waals surface area contributed by atoms with Crippen LogP contribution in [0.25, 0.3) is 0 Å². The fourth-order valence-electron chi connectivity index (χ4n) is 2.66. The molecule has 1 aliphatic heterocycles. The van der Waals surface area contributed by atoms with Crippen LogP contribution in [0.4, 0.5) is 5.69 Å². The van der Waals surface area contributed by atoms with Crippen molar-refractivity contribution in [2.24, 2.45) is 0 Å². The minimum atomic E-state index is -3.40. The number of carbonyl (C=O) groups is 1. The molecule has 2 rings (SSSR count). The van der Waals surface area contributed by atoms with E-state index in [1.807, 2.05) is 4.90 Å². The number of piperazine rings is 1. The second-order valence-electron chi connectivity index (χ2n) is 5.64. The van der Waals surface area contributed by atoms with Crippen LogP contribution in [0.1, 0.15) is 17.3 Å². The van der Waals surface area contributed by atoms with Crippen molar-refractivity contribution in [2.45, 2.75) is 6.92 Å². The Morgan fingerprint density at radius 1 is 1.27 bits per heavy atom. The summed E-state index contributed by atoms with van der Waals surface area (Å²) in [6.45, 7) is 6.50. The molecule has 1 aromatic rings. The molecule has 1 heterocycles. The van der Waals surface area contributed by atoms with E-state index in [1.54, 1.807) is 24.3 Å². The first kappa shape index (κ1) is 16.8. The predicted molar refractivity (Wildman–Crippen MR) is 86.8 cm³/mol. The van der Waals surface area contributed by atoms with Crippen molar-refractivity contribution in [3.8, 4) is 0 Å². The average molecular weight is 326 g/mol. The Morgan fingerprint density at radius 3 is 2.41 bits per heavy atom. The number of sulfonamides is 1. The normalized spacial score (nSPS) is 16.6. The average Bonchev–Trinajstić information content (AvgIpc) is 2.52. The van der Waals surface area contributed by atoms with Crippen LogP contribution in [0, 0.1) is 0 Å². The molecule has 122 valence electrons. The van der Waals surface area contributed by atoms with Gasteiger partial charge in [0.1, 0.15) is 0 Å². The van der Waals surface area contributed by atoms with Gasteiger partial charge in [0.05, 0.1) is 50.2 Å². The lowest BCUT2D eigenvalue weighted by molar-refractivity contribution is -0.902. The molecule has 0 saturated carbocycles. The van der Waals surface area contributed by atoms with Gasteiger partial charge >= 0.3 is 0 Å². The molecule has 22 heavy (non-hydrogen) atoms. The molecule has 6 nitrogen and oxygen atoms in total. The number of nitrogens with zero attached hydrogens (tertiary/aromatic N) is 2. The molecule has 1 fully saturated rings. The molecule has 1 saturated heterocycles. The van der Waals surface area contributed by atoms with Gasteiger partial charge in [-0.3, -0.25) is 9.10 Å². The van der Waals surface area contributed by atoms with E-state index in [0.717, 1.165) is 30.2 Å². The third kappa shape index (κ3) is 3.59. The van der Waals surface area contributed by atoms with Gasteiger partial charge in [-0.15, -0.1) is 0 Å². The monoisotopic (exact) mass is 326 g/mol. The van der Waals surface area contributed by atoms with E-state index in [4.69, 9.17) is 0 Å². The minimum absolute atomic E-state index is 0.0961. The van der Waals surface area contributed by atoms with Crippen LogP contribution in [0.5, 0.6) is 0 Å². The Morgan fingerprint density at radius 2 is 1.86 bits per heavy atom. The Balaban J connectivity index is 2.24. The number of nitrogens with one attached hydrogen (secondary N) is 1. The first-order valence-electron chi connectivity index (χ1n) is 7.50. The van der Waals surface area contributed by atoms with Crippen molar-refractivity contribution >= 4 is 21.6 Å². The highest BCUT2D eigenvalue weighted by Crippen LogP contribution is 2.22. The standard InChI is InChI=1S/C15H23N3O3S/c1-4-17-9-11-18(12-10-17)15(19)13-7-5-6-8-14(13)16(2)22(3,20)21/h5-8H,4,9-12H2,1-3H3/p+1. The number of quaternary nitrogens is 1. The number of rotatable bonds is 4. The van der Waals surface area contributed by atoms with Gasteiger partial charge in [-0.2, -0.15) is 0 Å². The highest BCUT2D eigenvalue weighted by Gasteiger charge is 2.27. The number of hydrogen-bond donors (Lipinski definition) is 1. The highest BCUT2D eigenvalue weighted by molar-refractivity contribution is 7.92. The van der Waals surface area contributed by atoms with Crippen LogP contribution in [0.15, 0.2) is 24.3 Å². The van der Waals surface area contributed by atoms with E-state index in [1.165, 1.54) is 11.9 Å². The lowest BCUT2D eigenvalue weighted by Crippen LogP contribution is -3.14. The van der Waals surface area contributed by atoms with Gasteiger partial charge in [0, 0.05) is 7.05 Å². The van der Waals surface area contributed by atoms with E-state index in [0.29, 0.717) is 24.3 Å². The molecule has 0 aromatic heterocycles. The summed E-state index contributed by atoms with van der Waals surface area (Å²) in [4.78, 5) is 16.0. The zero-order chi connectivity index (χ0) is 16.3. The maximum atomic E-state index is 12.7. The molecule has 1 amide bonds. The van der Waals surface area contributed by atoms with Crippen molar-refractivity contribution in [1.82, 2.24) is 4.90 Å². The van der Waals surface area contributed by atoms with Crippen LogP contribution < -0.4 is 9.21 Å². The first-order valence-corrected chi connectivity index (χ1v) is 9.35. The largest absolute Gasteiger partial charge is 0.332 e. The van der Waals surface area contributed by atoms with Gasteiger partial charge in [0.25, 0.3) is 5.91 Å². The molecule has 0 bridgehead atoms. The summed E-state index contributed by atoms with van der Waals surface area (Å²) in [7, 11) is -1.92. The van der Waals surface area contributed by atoms with Crippen LogP contribution in [0.2, 0.25) is 0 Å². The Bertz CT molecular complexity index is 637. The summed E-state index contributed by atoms with van der Waals surface area (Å²) in [6, 6.07) is 6.87. The lowest BCUT2D eigenvalue weighted by Gasteiger charge is -2.32. The number of carbonyl (C=O) groups excluding carboxylic acids is 1. The van der Waals surface area contributed by atoms with E-state index in [9.17, 15) is 13.2 Å². The third-order valence-corrected chi connectivity index (χ3v) is 5.42. The van der Waals surface area contributed by atoms with Crippen molar-refractivity contribution in [3.05, 3.63) is 29.8 Å². The van der Waals surface area contributed by atoms with Crippen LogP contribution in [0.3, 0.4) is 0 Å². The molecular formula is C15H24N3O3S+. The number of para-hydroxylation sites is 1. The maximum Gasteiger partial charge on any atom is 0.256 e. The van der Waals surface area contributed by atoms with Gasteiger partial charge in [-0.05, 0) is 19.1 Å². The molecule has 7 heteroatoms. The summed E-state index contributed by atoms with van der Waals surface area (Å²) >= 11 is 0. The van der Waals surface area contributed by atoms with E-state index < -0.39 is 10.0 Å². The predicted octanol–water partition coefficient (Wildman–Crippen LogP) is -0.557. The number of hydrogen-bond acceptors (Lipinski definition) is 3. The molecule has 1 N–H and O–H groups in total. The van der Waals surface area contributed by atoms with Gasteiger partial charge < -0.3 is 9.80 Å². The summed E-state index contributed by atoms with van der Waals surface area (Å²) in [5, 5.41) is 0. The fourth-order valence-corrected chi connectivity index (χ4v) is 3.17. The lowest BCUT2D eigenvalue weighted by atomic mass is 10.1. The molecule has 0 unspecified atom stereocenters. The Kier molecular flexibility index (Phi) is 5.08. The summed E-state index contributed by atoms with van der Waals surface area (Å²) in [5.41, 5.74) is 0.871. The van der Waals surface area contributed by atoms with Crippen LogP contribution in [-0.4, -0.2) is 65.3 Å². The molecule has 0 aliphatic carbocycles. The van der Waals surface area contributed by atoms with Crippen LogP contribution >= 0.6 is 0 Å². The van der Waals surface area contributed by atoms with Crippen LogP contribution in [-0.2, 0) is 10.0 Å². The Labute approximate surface area is 132 Å². The number of anilines is 1. The van der Waals surface area contributed by atoms with E-state index in [2.05, 4.69) is 6.92 Å². The molecule has 1 aromatic carbocycles. The summed E-state index contributed by atoms with van der Waals surface area (Å²) < 4.78 is 24.7. The number of amides is 1. The Hall–Kier alpha value is -1.60. The quantitative estimate of drug-likeness (QED) is 0.807.